The Morgan fingerprint density at radius 2 is 1.70 bits per heavy atom. The fraction of sp³-hybridized carbons (Fsp3) is 0.357. The van der Waals surface area contributed by atoms with Gasteiger partial charge in [-0.2, -0.15) is 0 Å². The second-order valence-electron chi connectivity index (χ2n) is 8.77. The molecule has 1 unspecified atom stereocenters. The molecule has 1 fully saturated rings. The van der Waals surface area contributed by atoms with Crippen LogP contribution in [-0.4, -0.2) is 44.8 Å². The molecule has 2 heterocycles. The summed E-state index contributed by atoms with van der Waals surface area (Å²) in [5, 5.41) is 0. The van der Waals surface area contributed by atoms with Crippen LogP contribution in [0, 0.1) is 0 Å². The molecule has 5 heteroatoms. The Labute approximate surface area is 196 Å². The van der Waals surface area contributed by atoms with Crippen LogP contribution < -0.4 is 19.1 Å². The number of nitrogens with zero attached hydrogens (tertiary/aromatic N) is 2. The second kappa shape index (κ2) is 9.75. The van der Waals surface area contributed by atoms with Crippen molar-refractivity contribution in [3.63, 3.8) is 0 Å². The summed E-state index contributed by atoms with van der Waals surface area (Å²) in [6.07, 6.45) is 3.45. The molecule has 0 aromatic heterocycles. The van der Waals surface area contributed by atoms with Crippen LogP contribution >= 0.6 is 0 Å². The van der Waals surface area contributed by atoms with Crippen LogP contribution in [-0.2, 0) is 13.0 Å². The fourth-order valence-corrected chi connectivity index (χ4v) is 5.10. The zero-order valence-electron chi connectivity index (χ0n) is 19.5. The predicted molar refractivity (Wildman–Crippen MR) is 132 cm³/mol. The molecule has 3 aromatic carbocycles. The van der Waals surface area contributed by atoms with Crippen molar-refractivity contribution in [3.8, 4) is 17.2 Å². The molecule has 0 spiro atoms. The third kappa shape index (κ3) is 4.51. The molecule has 0 radical (unpaired) electrons. The minimum atomic E-state index is 0.504. The highest BCUT2D eigenvalue weighted by Gasteiger charge is 2.29. The molecule has 2 aliphatic rings. The Hall–Kier alpha value is -3.18. The van der Waals surface area contributed by atoms with Gasteiger partial charge in [0, 0.05) is 30.4 Å². The van der Waals surface area contributed by atoms with Crippen molar-refractivity contribution in [3.05, 3.63) is 77.9 Å². The lowest BCUT2D eigenvalue weighted by Crippen LogP contribution is -2.39. The molecule has 0 amide bonds. The van der Waals surface area contributed by atoms with E-state index in [1.54, 1.807) is 14.2 Å². The summed E-state index contributed by atoms with van der Waals surface area (Å²) in [4.78, 5) is 5.12. The number of fused-ring (bicyclic) bond motifs is 2. The highest BCUT2D eigenvalue weighted by molar-refractivity contribution is 5.72. The van der Waals surface area contributed by atoms with E-state index >= 15 is 0 Å². The number of rotatable bonds is 7. The Bertz CT molecular complexity index is 1050. The van der Waals surface area contributed by atoms with Gasteiger partial charge < -0.3 is 19.1 Å². The maximum absolute atomic E-state index is 6.17. The van der Waals surface area contributed by atoms with E-state index in [-0.39, 0.29) is 0 Å². The second-order valence-corrected chi connectivity index (χ2v) is 8.77. The van der Waals surface area contributed by atoms with Crippen molar-refractivity contribution < 1.29 is 14.2 Å². The average Bonchev–Trinajstić information content (AvgIpc) is 3.25. The topological polar surface area (TPSA) is 34.2 Å². The largest absolute Gasteiger partial charge is 0.493 e. The standard InChI is InChI=1S/C28H32N2O3/c1-31-27-14-13-21(18-28(27)32-2)15-17-29-16-7-9-23(29)19-30-24-10-4-3-8-22(24)20-33-26-12-6-5-11-25(26)30/h3-6,8,10-14,18,23H,7,9,15-17,19-20H2,1-2H3. The summed E-state index contributed by atoms with van der Waals surface area (Å²) in [5.74, 6) is 2.54. The van der Waals surface area contributed by atoms with Crippen molar-refractivity contribution >= 4 is 11.4 Å². The van der Waals surface area contributed by atoms with Gasteiger partial charge in [-0.1, -0.05) is 36.4 Å². The number of hydrogen-bond acceptors (Lipinski definition) is 5. The number of para-hydroxylation sites is 3. The summed E-state index contributed by atoms with van der Waals surface area (Å²) in [7, 11) is 3.37. The van der Waals surface area contributed by atoms with Crippen molar-refractivity contribution in [2.75, 3.05) is 38.8 Å². The first-order valence-electron chi connectivity index (χ1n) is 11.8. The van der Waals surface area contributed by atoms with Crippen LogP contribution in [0.4, 0.5) is 11.4 Å². The summed E-state index contributed by atoms with van der Waals surface area (Å²) < 4.78 is 17.0. The molecular formula is C28H32N2O3. The van der Waals surface area contributed by atoms with Gasteiger partial charge in [0.2, 0.25) is 0 Å². The van der Waals surface area contributed by atoms with Gasteiger partial charge in [0.25, 0.3) is 0 Å². The van der Waals surface area contributed by atoms with E-state index < -0.39 is 0 Å². The molecule has 0 saturated carbocycles. The molecule has 0 N–H and O–H groups in total. The van der Waals surface area contributed by atoms with E-state index in [9.17, 15) is 0 Å². The first-order chi connectivity index (χ1) is 16.3. The number of anilines is 2. The van der Waals surface area contributed by atoms with E-state index in [4.69, 9.17) is 14.2 Å². The quantitative estimate of drug-likeness (QED) is 0.485. The molecule has 172 valence electrons. The number of hydrogen-bond donors (Lipinski definition) is 0. The Kier molecular flexibility index (Phi) is 6.40. The molecule has 5 nitrogen and oxygen atoms in total. The van der Waals surface area contributed by atoms with E-state index in [0.717, 1.165) is 49.0 Å². The van der Waals surface area contributed by atoms with Gasteiger partial charge >= 0.3 is 0 Å². The maximum Gasteiger partial charge on any atom is 0.160 e. The fourth-order valence-electron chi connectivity index (χ4n) is 5.10. The highest BCUT2D eigenvalue weighted by Crippen LogP contribution is 2.40. The Balaban J connectivity index is 1.34. The van der Waals surface area contributed by atoms with Crippen molar-refractivity contribution in [2.45, 2.75) is 31.9 Å². The lowest BCUT2D eigenvalue weighted by Gasteiger charge is -2.32. The third-order valence-corrected chi connectivity index (χ3v) is 6.85. The number of benzene rings is 3. The highest BCUT2D eigenvalue weighted by atomic mass is 16.5. The molecular weight excluding hydrogens is 412 g/mol. The van der Waals surface area contributed by atoms with Crippen LogP contribution in [0.2, 0.25) is 0 Å². The molecule has 0 bridgehead atoms. The first-order valence-corrected chi connectivity index (χ1v) is 11.8. The lowest BCUT2D eigenvalue weighted by atomic mass is 10.1. The van der Waals surface area contributed by atoms with Gasteiger partial charge in [-0.15, -0.1) is 0 Å². The van der Waals surface area contributed by atoms with Gasteiger partial charge in [-0.25, -0.2) is 0 Å². The maximum atomic E-state index is 6.17. The van der Waals surface area contributed by atoms with E-state index in [1.807, 2.05) is 6.07 Å². The van der Waals surface area contributed by atoms with Crippen LogP contribution in [0.5, 0.6) is 17.2 Å². The lowest BCUT2D eigenvalue weighted by molar-refractivity contribution is 0.261. The van der Waals surface area contributed by atoms with Crippen LogP contribution in [0.3, 0.4) is 0 Å². The average molecular weight is 445 g/mol. The first kappa shape index (κ1) is 21.7. The Morgan fingerprint density at radius 1 is 0.909 bits per heavy atom. The number of methoxy groups -OCH3 is 2. The van der Waals surface area contributed by atoms with Gasteiger partial charge in [-0.3, -0.25) is 4.90 Å². The SMILES string of the molecule is COc1ccc(CCN2CCCC2CN2c3ccccc3COc3ccccc32)cc1OC. The smallest absolute Gasteiger partial charge is 0.160 e. The molecule has 0 aliphatic carbocycles. The Morgan fingerprint density at radius 3 is 2.55 bits per heavy atom. The minimum absolute atomic E-state index is 0.504. The van der Waals surface area contributed by atoms with Crippen molar-refractivity contribution in [2.24, 2.45) is 0 Å². The van der Waals surface area contributed by atoms with Crippen LogP contribution in [0.15, 0.2) is 66.7 Å². The van der Waals surface area contributed by atoms with Gasteiger partial charge in [-0.05, 0) is 61.7 Å². The molecule has 3 aromatic rings. The molecule has 5 rings (SSSR count). The van der Waals surface area contributed by atoms with Crippen molar-refractivity contribution in [1.29, 1.82) is 0 Å². The minimum Gasteiger partial charge on any atom is -0.493 e. The summed E-state index contributed by atoms with van der Waals surface area (Å²) >= 11 is 0. The van der Waals surface area contributed by atoms with E-state index in [0.29, 0.717) is 12.6 Å². The van der Waals surface area contributed by atoms with Crippen LogP contribution in [0.1, 0.15) is 24.0 Å². The van der Waals surface area contributed by atoms with Gasteiger partial charge in [0.1, 0.15) is 12.4 Å². The van der Waals surface area contributed by atoms with E-state index in [1.165, 1.54) is 29.7 Å². The molecule has 33 heavy (non-hydrogen) atoms. The monoisotopic (exact) mass is 444 g/mol. The molecule has 2 aliphatic heterocycles. The molecule has 1 saturated heterocycles. The van der Waals surface area contributed by atoms with Crippen molar-refractivity contribution in [1.82, 2.24) is 4.90 Å². The zero-order chi connectivity index (χ0) is 22.6. The molecule has 1 atom stereocenters. The van der Waals surface area contributed by atoms with Gasteiger partial charge in [0.15, 0.2) is 11.5 Å². The summed E-state index contributed by atoms with van der Waals surface area (Å²) in [5.41, 5.74) is 4.93. The number of likely N-dealkylation sites (tertiary alicyclic amines) is 1. The van der Waals surface area contributed by atoms with Crippen LogP contribution in [0.25, 0.3) is 0 Å². The summed E-state index contributed by atoms with van der Waals surface area (Å²) in [6, 6.07) is 23.8. The number of ether oxygens (including phenoxy) is 3. The third-order valence-electron chi connectivity index (χ3n) is 6.85. The predicted octanol–water partition coefficient (Wildman–Crippen LogP) is 5.44. The summed E-state index contributed by atoms with van der Waals surface area (Å²) in [6.45, 7) is 3.75. The normalized spacial score (nSPS) is 17.6. The zero-order valence-corrected chi connectivity index (χ0v) is 19.5. The van der Waals surface area contributed by atoms with E-state index in [2.05, 4.69) is 70.5 Å². The van der Waals surface area contributed by atoms with Gasteiger partial charge in [0.05, 0.1) is 19.9 Å².